The number of guanidine groups is 1. The van der Waals surface area contributed by atoms with Crippen molar-refractivity contribution in [3.05, 3.63) is 65.7 Å². The first-order valence-electron chi connectivity index (χ1n) is 9.55. The van der Waals surface area contributed by atoms with Crippen LogP contribution in [0.3, 0.4) is 0 Å². The van der Waals surface area contributed by atoms with E-state index in [0.717, 1.165) is 17.9 Å². The average Bonchev–Trinajstić information content (AvgIpc) is 3.54. The van der Waals surface area contributed by atoms with Gasteiger partial charge in [0, 0.05) is 25.6 Å². The maximum atomic E-state index is 12.1. The first-order valence-corrected chi connectivity index (χ1v) is 9.55. The van der Waals surface area contributed by atoms with Crippen LogP contribution in [0.5, 0.6) is 5.75 Å². The molecule has 3 N–H and O–H groups in total. The molecule has 0 aliphatic heterocycles. The molecule has 2 aromatic rings. The van der Waals surface area contributed by atoms with Gasteiger partial charge in [-0.1, -0.05) is 42.5 Å². The molecule has 6 nitrogen and oxygen atoms in total. The van der Waals surface area contributed by atoms with Gasteiger partial charge in [-0.05, 0) is 36.1 Å². The number of rotatable bonds is 8. The molecule has 1 fully saturated rings. The molecule has 0 spiro atoms. The molecule has 0 saturated heterocycles. The van der Waals surface area contributed by atoms with E-state index in [1.54, 1.807) is 14.2 Å². The molecule has 1 amide bonds. The minimum atomic E-state index is -0.0806. The van der Waals surface area contributed by atoms with Crippen molar-refractivity contribution >= 4 is 11.9 Å². The van der Waals surface area contributed by atoms with E-state index in [9.17, 15) is 4.79 Å². The zero-order valence-corrected chi connectivity index (χ0v) is 16.5. The molecule has 148 valence electrons. The summed E-state index contributed by atoms with van der Waals surface area (Å²) in [5.74, 6) is 1.36. The van der Waals surface area contributed by atoms with Crippen molar-refractivity contribution in [2.75, 3.05) is 27.2 Å². The Balaban J connectivity index is 1.40. The number of carbonyl (C=O) groups excluding carboxylic acids is 1. The van der Waals surface area contributed by atoms with E-state index in [0.29, 0.717) is 12.5 Å². The summed E-state index contributed by atoms with van der Waals surface area (Å²) >= 11 is 0. The first kappa shape index (κ1) is 19.7. The number of nitrogens with one attached hydrogen (secondary N) is 3. The van der Waals surface area contributed by atoms with E-state index in [-0.39, 0.29) is 17.9 Å². The predicted octanol–water partition coefficient (Wildman–Crippen LogP) is 2.21. The highest BCUT2D eigenvalue weighted by Crippen LogP contribution is 2.47. The Morgan fingerprint density at radius 2 is 1.75 bits per heavy atom. The zero-order valence-electron chi connectivity index (χ0n) is 16.5. The SMILES string of the molecule is CN=C(NCC(=O)NCc1ccc(OC)cc1)NCC1(c2ccccc2)CC1. The number of amides is 1. The van der Waals surface area contributed by atoms with E-state index < -0.39 is 0 Å². The lowest BCUT2D eigenvalue weighted by atomic mass is 9.96. The number of aliphatic imine (C=N–C) groups is 1. The molecule has 0 aromatic heterocycles. The van der Waals surface area contributed by atoms with Crippen molar-refractivity contribution in [1.82, 2.24) is 16.0 Å². The molecule has 3 rings (SSSR count). The Morgan fingerprint density at radius 3 is 2.36 bits per heavy atom. The van der Waals surface area contributed by atoms with Crippen molar-refractivity contribution in [3.63, 3.8) is 0 Å². The van der Waals surface area contributed by atoms with E-state index >= 15 is 0 Å². The van der Waals surface area contributed by atoms with Crippen molar-refractivity contribution in [1.29, 1.82) is 0 Å². The first-order chi connectivity index (χ1) is 13.6. The standard InChI is InChI=1S/C22H28N4O2/c1-23-21(26-16-22(12-13-22)18-6-4-3-5-7-18)25-15-20(27)24-14-17-8-10-19(28-2)11-9-17/h3-11H,12-16H2,1-2H3,(H,24,27)(H2,23,25,26). The molecule has 6 heteroatoms. The van der Waals surface area contributed by atoms with Crippen molar-refractivity contribution in [3.8, 4) is 5.75 Å². The summed E-state index contributed by atoms with van der Waals surface area (Å²) in [6.07, 6.45) is 2.34. The Hall–Kier alpha value is -3.02. The Kier molecular flexibility index (Phi) is 6.53. The summed E-state index contributed by atoms with van der Waals surface area (Å²) in [7, 11) is 3.35. The third-order valence-corrected chi connectivity index (χ3v) is 5.12. The second-order valence-corrected chi connectivity index (χ2v) is 7.05. The Morgan fingerprint density at radius 1 is 1.04 bits per heavy atom. The second kappa shape index (κ2) is 9.26. The topological polar surface area (TPSA) is 74.8 Å². The maximum absolute atomic E-state index is 12.1. The van der Waals surface area contributed by atoms with Gasteiger partial charge in [-0.3, -0.25) is 9.79 Å². The van der Waals surface area contributed by atoms with Crippen LogP contribution < -0.4 is 20.7 Å². The lowest BCUT2D eigenvalue weighted by Gasteiger charge is -2.19. The lowest BCUT2D eigenvalue weighted by molar-refractivity contribution is -0.120. The highest BCUT2D eigenvalue weighted by Gasteiger charge is 2.43. The van der Waals surface area contributed by atoms with Crippen LogP contribution in [0, 0.1) is 0 Å². The quantitative estimate of drug-likeness (QED) is 0.485. The Labute approximate surface area is 166 Å². The number of hydrogen-bond donors (Lipinski definition) is 3. The maximum Gasteiger partial charge on any atom is 0.239 e. The van der Waals surface area contributed by atoms with Gasteiger partial charge in [0.1, 0.15) is 5.75 Å². The van der Waals surface area contributed by atoms with Gasteiger partial charge in [-0.25, -0.2) is 0 Å². The third-order valence-electron chi connectivity index (χ3n) is 5.12. The van der Waals surface area contributed by atoms with Crippen molar-refractivity contribution < 1.29 is 9.53 Å². The number of methoxy groups -OCH3 is 1. The fourth-order valence-electron chi connectivity index (χ4n) is 3.15. The fourth-order valence-corrected chi connectivity index (χ4v) is 3.15. The number of nitrogens with zero attached hydrogens (tertiary/aromatic N) is 1. The second-order valence-electron chi connectivity index (χ2n) is 7.05. The third kappa shape index (κ3) is 5.25. The van der Waals surface area contributed by atoms with Gasteiger partial charge >= 0.3 is 0 Å². The van der Waals surface area contributed by atoms with Crippen LogP contribution in [0.4, 0.5) is 0 Å². The summed E-state index contributed by atoms with van der Waals surface area (Å²) in [6.45, 7) is 1.46. The monoisotopic (exact) mass is 380 g/mol. The van der Waals surface area contributed by atoms with Crippen molar-refractivity contribution in [2.24, 2.45) is 4.99 Å². The van der Waals surface area contributed by atoms with E-state index in [1.165, 1.54) is 18.4 Å². The molecule has 1 aliphatic rings. The van der Waals surface area contributed by atoms with Crippen LogP contribution in [0.1, 0.15) is 24.0 Å². The highest BCUT2D eigenvalue weighted by molar-refractivity contribution is 5.86. The van der Waals surface area contributed by atoms with Gasteiger partial charge in [0.05, 0.1) is 13.7 Å². The molecule has 1 saturated carbocycles. The van der Waals surface area contributed by atoms with Crippen LogP contribution in [0.25, 0.3) is 0 Å². The summed E-state index contributed by atoms with van der Waals surface area (Å²) < 4.78 is 5.13. The van der Waals surface area contributed by atoms with Gasteiger partial charge in [-0.15, -0.1) is 0 Å². The molecule has 0 radical (unpaired) electrons. The summed E-state index contributed by atoms with van der Waals surface area (Å²) in [5, 5.41) is 9.34. The van der Waals surface area contributed by atoms with E-state index in [2.05, 4.69) is 45.2 Å². The predicted molar refractivity (Wildman–Crippen MR) is 112 cm³/mol. The van der Waals surface area contributed by atoms with Crippen LogP contribution in [0.15, 0.2) is 59.6 Å². The minimum Gasteiger partial charge on any atom is -0.497 e. The lowest BCUT2D eigenvalue weighted by Crippen LogP contribution is -2.45. The molecule has 28 heavy (non-hydrogen) atoms. The molecule has 0 unspecified atom stereocenters. The normalized spacial score (nSPS) is 14.9. The average molecular weight is 380 g/mol. The summed E-state index contributed by atoms with van der Waals surface area (Å²) in [5.41, 5.74) is 2.57. The van der Waals surface area contributed by atoms with Gasteiger partial charge in [-0.2, -0.15) is 0 Å². The van der Waals surface area contributed by atoms with Crippen LogP contribution in [-0.4, -0.2) is 39.1 Å². The van der Waals surface area contributed by atoms with E-state index in [4.69, 9.17) is 4.74 Å². The van der Waals surface area contributed by atoms with Crippen LogP contribution in [0.2, 0.25) is 0 Å². The minimum absolute atomic E-state index is 0.0806. The number of ether oxygens (including phenoxy) is 1. The van der Waals surface area contributed by atoms with Gasteiger partial charge < -0.3 is 20.7 Å². The van der Waals surface area contributed by atoms with Crippen LogP contribution in [-0.2, 0) is 16.8 Å². The summed E-state index contributed by atoms with van der Waals surface area (Å²) in [6, 6.07) is 18.2. The smallest absolute Gasteiger partial charge is 0.239 e. The molecular formula is C22H28N4O2. The summed E-state index contributed by atoms with van der Waals surface area (Å²) in [4.78, 5) is 16.3. The zero-order chi connectivity index (χ0) is 19.8. The number of carbonyl (C=O) groups is 1. The molecule has 2 aromatic carbocycles. The molecule has 0 atom stereocenters. The highest BCUT2D eigenvalue weighted by atomic mass is 16.5. The van der Waals surface area contributed by atoms with Gasteiger partial charge in [0.15, 0.2) is 5.96 Å². The van der Waals surface area contributed by atoms with Crippen molar-refractivity contribution in [2.45, 2.75) is 24.8 Å². The number of benzene rings is 2. The molecule has 0 bridgehead atoms. The fraction of sp³-hybridized carbons (Fsp3) is 0.364. The van der Waals surface area contributed by atoms with E-state index in [1.807, 2.05) is 30.3 Å². The molecule has 1 aliphatic carbocycles. The largest absolute Gasteiger partial charge is 0.497 e. The molecule has 0 heterocycles. The Bertz CT molecular complexity index is 799. The van der Waals surface area contributed by atoms with Crippen LogP contribution >= 0.6 is 0 Å². The van der Waals surface area contributed by atoms with Gasteiger partial charge in [0.25, 0.3) is 0 Å². The van der Waals surface area contributed by atoms with Gasteiger partial charge in [0.2, 0.25) is 5.91 Å². The molecular weight excluding hydrogens is 352 g/mol. The number of hydrogen-bond acceptors (Lipinski definition) is 3.